The van der Waals surface area contributed by atoms with Crippen molar-refractivity contribution in [1.82, 2.24) is 5.32 Å². The smallest absolute Gasteiger partial charge is 0.228 e. The van der Waals surface area contributed by atoms with Crippen molar-refractivity contribution in [3.05, 3.63) is 29.6 Å². The first-order valence-corrected chi connectivity index (χ1v) is 8.03. The highest BCUT2D eigenvalue weighted by atomic mass is 19.1. The number of benzene rings is 1. The summed E-state index contributed by atoms with van der Waals surface area (Å²) in [5.41, 5.74) is 1.12. The third kappa shape index (κ3) is 3.29. The Hall–Kier alpha value is -1.91. The number of nitrogens with one attached hydrogen (secondary N) is 2. The molecule has 0 saturated heterocycles. The van der Waals surface area contributed by atoms with Crippen molar-refractivity contribution in [2.75, 3.05) is 5.32 Å². The van der Waals surface area contributed by atoms with Gasteiger partial charge in [-0.25, -0.2) is 4.39 Å². The van der Waals surface area contributed by atoms with Gasteiger partial charge in [-0.3, -0.25) is 9.59 Å². The van der Waals surface area contributed by atoms with Gasteiger partial charge >= 0.3 is 0 Å². The molecule has 1 aliphatic carbocycles. The highest BCUT2D eigenvalue weighted by Crippen LogP contribution is 2.33. The molecule has 3 rings (SSSR count). The second-order valence-electron chi connectivity index (χ2n) is 6.23. The molecule has 2 amide bonds. The molecule has 5 heteroatoms. The van der Waals surface area contributed by atoms with E-state index in [1.807, 2.05) is 0 Å². The van der Waals surface area contributed by atoms with Gasteiger partial charge in [0.15, 0.2) is 0 Å². The third-order valence-corrected chi connectivity index (χ3v) is 4.57. The highest BCUT2D eigenvalue weighted by Gasteiger charge is 2.31. The molecular weight excluding hydrogens is 283 g/mol. The molecule has 1 aromatic carbocycles. The SMILES string of the molecule is O=C1C[C@@H](C(=O)NC2CCCCCC2)c2ccc(F)cc2N1. The van der Waals surface area contributed by atoms with Gasteiger partial charge in [0, 0.05) is 18.2 Å². The lowest BCUT2D eigenvalue weighted by molar-refractivity contribution is -0.127. The summed E-state index contributed by atoms with van der Waals surface area (Å²) in [5, 5.41) is 5.73. The van der Waals surface area contributed by atoms with Gasteiger partial charge in [-0.1, -0.05) is 31.7 Å². The Morgan fingerprint density at radius 3 is 2.64 bits per heavy atom. The lowest BCUT2D eigenvalue weighted by atomic mass is 9.89. The fourth-order valence-corrected chi connectivity index (χ4v) is 3.40. The molecule has 2 aliphatic rings. The molecule has 4 nitrogen and oxygen atoms in total. The number of halogens is 1. The van der Waals surface area contributed by atoms with Crippen LogP contribution in [0.25, 0.3) is 0 Å². The zero-order valence-electron chi connectivity index (χ0n) is 12.5. The molecule has 1 aliphatic heterocycles. The van der Waals surface area contributed by atoms with E-state index in [9.17, 15) is 14.0 Å². The molecule has 0 radical (unpaired) electrons. The van der Waals surface area contributed by atoms with Crippen LogP contribution in [0.3, 0.4) is 0 Å². The monoisotopic (exact) mass is 304 g/mol. The first kappa shape index (κ1) is 15.0. The average Bonchev–Trinajstić information content (AvgIpc) is 2.74. The molecule has 118 valence electrons. The summed E-state index contributed by atoms with van der Waals surface area (Å²) < 4.78 is 13.3. The van der Waals surface area contributed by atoms with Crippen molar-refractivity contribution >= 4 is 17.5 Å². The van der Waals surface area contributed by atoms with E-state index in [2.05, 4.69) is 10.6 Å². The lowest BCUT2D eigenvalue weighted by Crippen LogP contribution is -2.40. The van der Waals surface area contributed by atoms with Crippen LogP contribution >= 0.6 is 0 Å². The molecule has 0 spiro atoms. The van der Waals surface area contributed by atoms with E-state index in [4.69, 9.17) is 0 Å². The fourth-order valence-electron chi connectivity index (χ4n) is 3.40. The van der Waals surface area contributed by atoms with Crippen LogP contribution in [0.5, 0.6) is 0 Å². The van der Waals surface area contributed by atoms with Crippen molar-refractivity contribution in [3.8, 4) is 0 Å². The minimum Gasteiger partial charge on any atom is -0.353 e. The van der Waals surface area contributed by atoms with E-state index >= 15 is 0 Å². The summed E-state index contributed by atoms with van der Waals surface area (Å²) in [7, 11) is 0. The molecular formula is C17H21FN2O2. The Labute approximate surface area is 129 Å². The summed E-state index contributed by atoms with van der Waals surface area (Å²) in [6, 6.07) is 4.41. The summed E-state index contributed by atoms with van der Waals surface area (Å²) in [5.74, 6) is -1.29. The predicted molar refractivity (Wildman–Crippen MR) is 82.0 cm³/mol. The van der Waals surface area contributed by atoms with Gasteiger partial charge in [-0.15, -0.1) is 0 Å². The summed E-state index contributed by atoms with van der Waals surface area (Å²) in [4.78, 5) is 24.4. The van der Waals surface area contributed by atoms with Crippen molar-refractivity contribution in [1.29, 1.82) is 0 Å². The van der Waals surface area contributed by atoms with E-state index in [0.717, 1.165) is 25.7 Å². The zero-order chi connectivity index (χ0) is 15.5. The Morgan fingerprint density at radius 2 is 1.91 bits per heavy atom. The number of carbonyl (C=O) groups excluding carboxylic acids is 2. The predicted octanol–water partition coefficient (Wildman–Crippen LogP) is 3.09. The van der Waals surface area contributed by atoms with Gasteiger partial charge in [-0.2, -0.15) is 0 Å². The highest BCUT2D eigenvalue weighted by molar-refractivity contribution is 6.01. The van der Waals surface area contributed by atoms with Crippen LogP contribution in [0.2, 0.25) is 0 Å². The van der Waals surface area contributed by atoms with E-state index in [1.165, 1.54) is 25.0 Å². The van der Waals surface area contributed by atoms with Crippen molar-refractivity contribution in [2.45, 2.75) is 56.9 Å². The Balaban J connectivity index is 1.76. The van der Waals surface area contributed by atoms with Gasteiger partial charge in [0.25, 0.3) is 0 Å². The van der Waals surface area contributed by atoms with Crippen LogP contribution in [-0.4, -0.2) is 17.9 Å². The number of hydrogen-bond acceptors (Lipinski definition) is 2. The second-order valence-corrected chi connectivity index (χ2v) is 6.23. The van der Waals surface area contributed by atoms with Crippen LogP contribution in [-0.2, 0) is 9.59 Å². The third-order valence-electron chi connectivity index (χ3n) is 4.57. The van der Waals surface area contributed by atoms with Gasteiger partial charge in [0.05, 0.1) is 5.92 Å². The quantitative estimate of drug-likeness (QED) is 0.825. The first-order valence-electron chi connectivity index (χ1n) is 8.03. The Morgan fingerprint density at radius 1 is 1.18 bits per heavy atom. The number of anilines is 1. The van der Waals surface area contributed by atoms with E-state index in [-0.39, 0.29) is 24.3 Å². The van der Waals surface area contributed by atoms with E-state index < -0.39 is 11.7 Å². The van der Waals surface area contributed by atoms with Crippen molar-refractivity contribution in [3.63, 3.8) is 0 Å². The summed E-state index contributed by atoms with van der Waals surface area (Å²) in [6.45, 7) is 0. The van der Waals surface area contributed by atoms with Crippen molar-refractivity contribution < 1.29 is 14.0 Å². The minimum atomic E-state index is -0.521. The maximum atomic E-state index is 13.3. The summed E-state index contributed by atoms with van der Waals surface area (Å²) in [6.07, 6.45) is 6.84. The second kappa shape index (κ2) is 6.46. The molecule has 1 fully saturated rings. The normalized spacial score (nSPS) is 22.4. The number of rotatable bonds is 2. The van der Waals surface area contributed by atoms with Crippen LogP contribution in [0.15, 0.2) is 18.2 Å². The molecule has 1 aromatic rings. The average molecular weight is 304 g/mol. The van der Waals surface area contributed by atoms with Gasteiger partial charge in [0.2, 0.25) is 11.8 Å². The van der Waals surface area contributed by atoms with E-state index in [1.54, 1.807) is 6.07 Å². The standard InChI is InChI=1S/C17H21FN2O2/c18-11-7-8-13-14(10-16(21)20-15(13)9-11)17(22)19-12-5-3-1-2-4-6-12/h7-9,12,14H,1-6,10H2,(H,19,22)(H,20,21)/t14-/m1/s1. The number of fused-ring (bicyclic) bond motifs is 1. The number of amides is 2. The van der Waals surface area contributed by atoms with Gasteiger partial charge < -0.3 is 10.6 Å². The molecule has 2 N–H and O–H groups in total. The number of hydrogen-bond donors (Lipinski definition) is 2. The van der Waals surface area contributed by atoms with Crippen molar-refractivity contribution in [2.24, 2.45) is 0 Å². The van der Waals surface area contributed by atoms with Crippen LogP contribution in [0.1, 0.15) is 56.4 Å². The number of carbonyl (C=O) groups is 2. The largest absolute Gasteiger partial charge is 0.353 e. The van der Waals surface area contributed by atoms with Crippen LogP contribution in [0.4, 0.5) is 10.1 Å². The Bertz CT molecular complexity index is 580. The molecule has 0 unspecified atom stereocenters. The molecule has 1 atom stereocenters. The first-order chi connectivity index (χ1) is 10.6. The van der Waals surface area contributed by atoms with Gasteiger partial charge in [0.1, 0.15) is 5.82 Å². The molecule has 0 aromatic heterocycles. The topological polar surface area (TPSA) is 58.2 Å². The maximum Gasteiger partial charge on any atom is 0.228 e. The molecule has 1 saturated carbocycles. The molecule has 22 heavy (non-hydrogen) atoms. The maximum absolute atomic E-state index is 13.3. The van der Waals surface area contributed by atoms with Crippen LogP contribution < -0.4 is 10.6 Å². The van der Waals surface area contributed by atoms with Gasteiger partial charge in [-0.05, 0) is 30.5 Å². The molecule has 0 bridgehead atoms. The lowest BCUT2D eigenvalue weighted by Gasteiger charge is -2.27. The molecule has 1 heterocycles. The van der Waals surface area contributed by atoms with E-state index in [0.29, 0.717) is 11.3 Å². The zero-order valence-corrected chi connectivity index (χ0v) is 12.5. The minimum absolute atomic E-state index is 0.116. The fraction of sp³-hybridized carbons (Fsp3) is 0.529. The summed E-state index contributed by atoms with van der Waals surface area (Å²) >= 11 is 0. The van der Waals surface area contributed by atoms with Crippen LogP contribution in [0, 0.1) is 5.82 Å². The Kier molecular flexibility index (Phi) is 4.41.